The second-order valence-electron chi connectivity index (χ2n) is 6.45. The van der Waals surface area contributed by atoms with Crippen LogP contribution in [0.2, 0.25) is 10.0 Å². The van der Waals surface area contributed by atoms with E-state index in [0.717, 1.165) is 23.8 Å². The van der Waals surface area contributed by atoms with Crippen LogP contribution in [0.4, 0.5) is 10.1 Å². The maximum absolute atomic E-state index is 13.5. The van der Waals surface area contributed by atoms with Crippen LogP contribution in [-0.4, -0.2) is 6.73 Å². The predicted molar refractivity (Wildman–Crippen MR) is 105 cm³/mol. The lowest BCUT2D eigenvalue weighted by Crippen LogP contribution is -2.32. The van der Waals surface area contributed by atoms with Crippen LogP contribution in [0.3, 0.4) is 0 Å². The van der Waals surface area contributed by atoms with Gasteiger partial charge in [-0.1, -0.05) is 36.5 Å². The fourth-order valence-corrected chi connectivity index (χ4v) is 3.83. The molecule has 2 aromatic carbocycles. The highest BCUT2D eigenvalue weighted by Gasteiger charge is 2.25. The molecule has 4 rings (SSSR count). The molecule has 140 valence electrons. The number of fused-ring (bicyclic) bond motifs is 3. The number of aryl methyl sites for hydroxylation is 1. The summed E-state index contributed by atoms with van der Waals surface area (Å²) < 4.78 is 24.8. The summed E-state index contributed by atoms with van der Waals surface area (Å²) in [6.45, 7) is 2.66. The average Bonchev–Trinajstić information content (AvgIpc) is 2.65. The Kier molecular flexibility index (Phi) is 4.74. The summed E-state index contributed by atoms with van der Waals surface area (Å²) >= 11 is 12.3. The van der Waals surface area contributed by atoms with Crippen molar-refractivity contribution >= 4 is 39.9 Å². The second kappa shape index (κ2) is 7.06. The first-order valence-electron chi connectivity index (χ1n) is 8.59. The number of hydrogen-bond acceptors (Lipinski definition) is 4. The molecule has 0 saturated carbocycles. The molecule has 0 fully saturated rings. The van der Waals surface area contributed by atoms with Crippen molar-refractivity contribution in [1.29, 1.82) is 0 Å². The molecular weight excluding hydrogens is 392 g/mol. The Bertz CT molecular complexity index is 1100. The van der Waals surface area contributed by atoms with Gasteiger partial charge in [-0.05, 0) is 36.2 Å². The largest absolute Gasteiger partial charge is 0.471 e. The summed E-state index contributed by atoms with van der Waals surface area (Å²) in [5, 5.41) is 1.31. The lowest BCUT2D eigenvalue weighted by Gasteiger charge is -2.31. The highest BCUT2D eigenvalue weighted by molar-refractivity contribution is 6.33. The zero-order chi connectivity index (χ0) is 19.1. The van der Waals surface area contributed by atoms with Crippen molar-refractivity contribution in [2.75, 3.05) is 11.6 Å². The van der Waals surface area contributed by atoms with E-state index in [1.54, 1.807) is 12.1 Å². The molecule has 3 aromatic rings. The lowest BCUT2D eigenvalue weighted by atomic mass is 10.0. The quantitative estimate of drug-likeness (QED) is 0.533. The van der Waals surface area contributed by atoms with Crippen molar-refractivity contribution in [1.82, 2.24) is 0 Å². The zero-order valence-corrected chi connectivity index (χ0v) is 16.0. The summed E-state index contributed by atoms with van der Waals surface area (Å²) in [5.74, 6) is 0.0212. The van der Waals surface area contributed by atoms with Gasteiger partial charge in [0, 0.05) is 17.1 Å². The zero-order valence-electron chi connectivity index (χ0n) is 14.5. The van der Waals surface area contributed by atoms with E-state index in [2.05, 4.69) is 0 Å². The molecule has 0 aliphatic carbocycles. The van der Waals surface area contributed by atoms with E-state index in [9.17, 15) is 9.18 Å². The molecule has 0 radical (unpaired) electrons. The third-order valence-corrected chi connectivity index (χ3v) is 5.19. The van der Waals surface area contributed by atoms with Crippen LogP contribution in [0.25, 0.3) is 11.0 Å². The highest BCUT2D eigenvalue weighted by atomic mass is 35.5. The molecular formula is C20H16Cl2FNO3. The summed E-state index contributed by atoms with van der Waals surface area (Å²) in [6.07, 6.45) is 1.64. The third-order valence-electron chi connectivity index (χ3n) is 4.62. The van der Waals surface area contributed by atoms with Gasteiger partial charge in [0.2, 0.25) is 0 Å². The van der Waals surface area contributed by atoms with Crippen LogP contribution in [0.5, 0.6) is 5.75 Å². The van der Waals surface area contributed by atoms with Gasteiger partial charge < -0.3 is 14.1 Å². The third kappa shape index (κ3) is 3.26. The van der Waals surface area contributed by atoms with E-state index in [-0.39, 0.29) is 11.8 Å². The SMILES string of the molecule is CCCc1cc(=O)oc2c3c(c(Cl)cc12)OCN(c1ccc(F)c(Cl)c1)C3. The topological polar surface area (TPSA) is 42.7 Å². The van der Waals surface area contributed by atoms with E-state index < -0.39 is 11.4 Å². The molecule has 7 heteroatoms. The number of rotatable bonds is 3. The van der Waals surface area contributed by atoms with E-state index in [0.29, 0.717) is 34.2 Å². The minimum absolute atomic E-state index is 0.0333. The van der Waals surface area contributed by atoms with Gasteiger partial charge in [0.15, 0.2) is 6.73 Å². The normalized spacial score (nSPS) is 13.6. The first-order chi connectivity index (χ1) is 13.0. The molecule has 0 bridgehead atoms. The van der Waals surface area contributed by atoms with Crippen molar-refractivity contribution < 1.29 is 13.5 Å². The molecule has 0 amide bonds. The fourth-order valence-electron chi connectivity index (χ4n) is 3.38. The van der Waals surface area contributed by atoms with Crippen LogP contribution in [0.1, 0.15) is 24.5 Å². The van der Waals surface area contributed by atoms with Crippen LogP contribution < -0.4 is 15.3 Å². The number of nitrogens with zero attached hydrogens (tertiary/aromatic N) is 1. The Morgan fingerprint density at radius 3 is 2.74 bits per heavy atom. The smallest absolute Gasteiger partial charge is 0.336 e. The van der Waals surface area contributed by atoms with Crippen LogP contribution >= 0.6 is 23.2 Å². The van der Waals surface area contributed by atoms with Gasteiger partial charge in [0.05, 0.1) is 22.2 Å². The molecule has 1 aromatic heterocycles. The van der Waals surface area contributed by atoms with Gasteiger partial charge >= 0.3 is 5.63 Å². The predicted octanol–water partition coefficient (Wildman–Crippen LogP) is 5.55. The lowest BCUT2D eigenvalue weighted by molar-refractivity contribution is 0.289. The van der Waals surface area contributed by atoms with Gasteiger partial charge in [-0.3, -0.25) is 0 Å². The Labute approximate surface area is 165 Å². The number of ether oxygens (including phenoxy) is 1. The maximum atomic E-state index is 13.5. The van der Waals surface area contributed by atoms with Crippen molar-refractivity contribution in [3.8, 4) is 5.75 Å². The minimum Gasteiger partial charge on any atom is -0.471 e. The minimum atomic E-state index is -0.484. The number of benzene rings is 2. The Morgan fingerprint density at radius 2 is 2.00 bits per heavy atom. The van der Waals surface area contributed by atoms with Crippen LogP contribution in [0.15, 0.2) is 39.5 Å². The van der Waals surface area contributed by atoms with Crippen molar-refractivity contribution in [2.45, 2.75) is 26.3 Å². The Morgan fingerprint density at radius 1 is 1.19 bits per heavy atom. The fraction of sp³-hybridized carbons (Fsp3) is 0.250. The van der Waals surface area contributed by atoms with Gasteiger partial charge in [0.25, 0.3) is 0 Å². The van der Waals surface area contributed by atoms with Crippen molar-refractivity contribution in [3.05, 3.63) is 67.7 Å². The first-order valence-corrected chi connectivity index (χ1v) is 9.34. The van der Waals surface area contributed by atoms with Crippen molar-refractivity contribution in [3.63, 3.8) is 0 Å². The molecule has 0 atom stereocenters. The van der Waals surface area contributed by atoms with Gasteiger partial charge in [-0.25, -0.2) is 9.18 Å². The standard InChI is InChI=1S/C20H16Cl2FNO3/c1-2-3-11-6-18(25)27-19-13(11)8-16(22)20-14(19)9-24(10-26-20)12-4-5-17(23)15(21)7-12/h4-8H,2-3,9-10H2,1H3. The summed E-state index contributed by atoms with van der Waals surface area (Å²) in [5.41, 5.74) is 2.36. The van der Waals surface area contributed by atoms with Gasteiger partial charge in [-0.2, -0.15) is 0 Å². The number of halogens is 3. The molecule has 1 aliphatic rings. The summed E-state index contributed by atoms with van der Waals surface area (Å²) in [7, 11) is 0. The molecule has 4 nitrogen and oxygen atoms in total. The highest BCUT2D eigenvalue weighted by Crippen LogP contribution is 2.40. The van der Waals surface area contributed by atoms with E-state index in [4.69, 9.17) is 32.4 Å². The first kappa shape index (κ1) is 18.1. The van der Waals surface area contributed by atoms with Crippen LogP contribution in [0, 0.1) is 5.82 Å². The Balaban J connectivity index is 1.86. The maximum Gasteiger partial charge on any atom is 0.336 e. The molecule has 1 aliphatic heterocycles. The molecule has 0 spiro atoms. The van der Waals surface area contributed by atoms with Crippen molar-refractivity contribution in [2.24, 2.45) is 0 Å². The molecule has 0 N–H and O–H groups in total. The number of hydrogen-bond donors (Lipinski definition) is 0. The average molecular weight is 408 g/mol. The second-order valence-corrected chi connectivity index (χ2v) is 7.27. The molecule has 0 saturated heterocycles. The molecule has 27 heavy (non-hydrogen) atoms. The molecule has 2 heterocycles. The van der Waals surface area contributed by atoms with Gasteiger partial charge in [0.1, 0.15) is 17.1 Å². The number of anilines is 1. The summed E-state index contributed by atoms with van der Waals surface area (Å²) in [6, 6.07) is 7.77. The van der Waals surface area contributed by atoms with Gasteiger partial charge in [-0.15, -0.1) is 0 Å². The monoisotopic (exact) mass is 407 g/mol. The Hall–Kier alpha value is -2.24. The van der Waals surface area contributed by atoms with Crippen LogP contribution in [-0.2, 0) is 13.0 Å². The molecule has 0 unspecified atom stereocenters. The van der Waals surface area contributed by atoms with E-state index in [1.165, 1.54) is 18.2 Å². The van der Waals surface area contributed by atoms with E-state index >= 15 is 0 Å². The summed E-state index contributed by atoms with van der Waals surface area (Å²) in [4.78, 5) is 13.9. The van der Waals surface area contributed by atoms with E-state index in [1.807, 2.05) is 11.8 Å².